The first kappa shape index (κ1) is 13.3. The molecular weight excluding hydrogens is 270 g/mol. The fourth-order valence-corrected chi connectivity index (χ4v) is 2.25. The molecule has 0 heterocycles. The molecule has 1 N–H and O–H groups in total. The molecule has 0 spiro atoms. The van der Waals surface area contributed by atoms with Gasteiger partial charge < -0.3 is 5.11 Å². The van der Waals surface area contributed by atoms with Crippen molar-refractivity contribution in [2.24, 2.45) is 0 Å². The Morgan fingerprint density at radius 2 is 1.95 bits per heavy atom. The number of nitrogens with zero attached hydrogens (tertiary/aromatic N) is 1. The third-order valence-corrected chi connectivity index (χ3v) is 3.43. The standard InChI is InChI=1S/C13H10ClNO4/c14-13(15(18)19)8-10(6-7-11(13)12(16)17)9-4-2-1-3-5-9/h1-7H,8H2,(H,16,17). The summed E-state index contributed by atoms with van der Waals surface area (Å²) in [6.45, 7) is 0. The van der Waals surface area contributed by atoms with Crippen LogP contribution in [0.4, 0.5) is 0 Å². The Morgan fingerprint density at radius 1 is 1.32 bits per heavy atom. The molecule has 0 aliphatic heterocycles. The molecule has 0 fully saturated rings. The highest BCUT2D eigenvalue weighted by Gasteiger charge is 2.50. The molecule has 6 heteroatoms. The van der Waals surface area contributed by atoms with Crippen molar-refractivity contribution in [2.45, 2.75) is 11.4 Å². The number of carboxylic acids is 1. The molecule has 98 valence electrons. The van der Waals surface area contributed by atoms with Crippen molar-refractivity contribution in [3.8, 4) is 0 Å². The lowest BCUT2D eigenvalue weighted by molar-refractivity contribution is -0.528. The number of halogens is 1. The topological polar surface area (TPSA) is 80.4 Å². The molecule has 0 radical (unpaired) electrons. The summed E-state index contributed by atoms with van der Waals surface area (Å²) in [7, 11) is 0. The van der Waals surface area contributed by atoms with Gasteiger partial charge in [0, 0.05) is 4.92 Å². The number of nitro groups is 1. The fraction of sp³-hybridized carbons (Fsp3) is 0.154. The van der Waals surface area contributed by atoms with Crippen molar-refractivity contribution in [2.75, 3.05) is 0 Å². The van der Waals surface area contributed by atoms with Crippen molar-refractivity contribution in [1.29, 1.82) is 0 Å². The van der Waals surface area contributed by atoms with Gasteiger partial charge in [-0.1, -0.05) is 36.4 Å². The quantitative estimate of drug-likeness (QED) is 0.399. The van der Waals surface area contributed by atoms with Crippen LogP contribution < -0.4 is 0 Å². The Hall–Kier alpha value is -2.14. The van der Waals surface area contributed by atoms with Gasteiger partial charge in [0.05, 0.1) is 6.42 Å². The summed E-state index contributed by atoms with van der Waals surface area (Å²) in [5.74, 6) is -1.38. The largest absolute Gasteiger partial charge is 0.478 e. The molecule has 0 saturated carbocycles. The Morgan fingerprint density at radius 3 is 2.47 bits per heavy atom. The first-order valence-corrected chi connectivity index (χ1v) is 5.86. The molecule has 1 atom stereocenters. The zero-order chi connectivity index (χ0) is 14.0. The summed E-state index contributed by atoms with van der Waals surface area (Å²) in [6, 6.07) is 9.02. The summed E-state index contributed by atoms with van der Waals surface area (Å²) in [5.41, 5.74) is 1.01. The average molecular weight is 280 g/mol. The lowest BCUT2D eigenvalue weighted by Gasteiger charge is -2.23. The number of aliphatic carboxylic acids is 1. The molecule has 1 aliphatic carbocycles. The number of benzene rings is 1. The Balaban J connectivity index is 2.48. The van der Waals surface area contributed by atoms with Gasteiger partial charge in [-0.2, -0.15) is 0 Å². The van der Waals surface area contributed by atoms with Crippen molar-refractivity contribution in [3.63, 3.8) is 0 Å². The van der Waals surface area contributed by atoms with Crippen LogP contribution in [-0.2, 0) is 4.79 Å². The molecule has 1 aliphatic rings. The van der Waals surface area contributed by atoms with Crippen molar-refractivity contribution in [3.05, 3.63) is 63.7 Å². The second kappa shape index (κ2) is 4.85. The van der Waals surface area contributed by atoms with Crippen LogP contribution in [0.1, 0.15) is 12.0 Å². The molecule has 1 aromatic carbocycles. The Kier molecular flexibility index (Phi) is 3.40. The zero-order valence-corrected chi connectivity index (χ0v) is 10.5. The van der Waals surface area contributed by atoms with E-state index < -0.39 is 21.5 Å². The van der Waals surface area contributed by atoms with Crippen molar-refractivity contribution in [1.82, 2.24) is 0 Å². The Labute approximate surface area is 114 Å². The first-order chi connectivity index (χ1) is 8.95. The van der Waals surface area contributed by atoms with Crippen molar-refractivity contribution >= 4 is 23.1 Å². The molecule has 0 bridgehead atoms. The maximum Gasteiger partial charge on any atom is 0.340 e. The normalized spacial score (nSPS) is 22.4. The zero-order valence-electron chi connectivity index (χ0n) is 9.75. The number of allylic oxidation sites excluding steroid dienone is 2. The lowest BCUT2D eigenvalue weighted by Crippen LogP contribution is -2.39. The number of carbonyl (C=O) groups is 1. The van der Waals surface area contributed by atoms with E-state index in [4.69, 9.17) is 16.7 Å². The molecule has 0 aromatic heterocycles. The second-order valence-corrected chi connectivity index (χ2v) is 4.76. The van der Waals surface area contributed by atoms with Gasteiger partial charge in [0.1, 0.15) is 5.57 Å². The molecule has 1 aromatic rings. The number of rotatable bonds is 3. The smallest absolute Gasteiger partial charge is 0.340 e. The summed E-state index contributed by atoms with van der Waals surface area (Å²) in [5, 5.41) is 20.1. The highest BCUT2D eigenvalue weighted by atomic mass is 35.5. The summed E-state index contributed by atoms with van der Waals surface area (Å²) in [4.78, 5) is 19.3. The molecular formula is C13H10ClNO4. The van der Waals surface area contributed by atoms with Gasteiger partial charge in [0.15, 0.2) is 0 Å². The number of hydrogen-bond donors (Lipinski definition) is 1. The van der Waals surface area contributed by atoms with Crippen LogP contribution in [0.3, 0.4) is 0 Å². The SMILES string of the molecule is O=C(O)C1=CC=C(c2ccccc2)CC1(Cl)[N+](=O)[O-]. The minimum atomic E-state index is -2.12. The van der Waals surface area contributed by atoms with Gasteiger partial charge in [-0.15, -0.1) is 0 Å². The summed E-state index contributed by atoms with van der Waals surface area (Å²) in [6.07, 6.45) is 2.59. The number of alkyl halides is 1. The fourth-order valence-electron chi connectivity index (χ4n) is 1.97. The van der Waals surface area contributed by atoms with Gasteiger partial charge in [-0.25, -0.2) is 4.79 Å². The highest BCUT2D eigenvalue weighted by Crippen LogP contribution is 2.39. The van der Waals surface area contributed by atoms with Crippen LogP contribution in [-0.4, -0.2) is 21.0 Å². The maximum atomic E-state index is 11.1. The third kappa shape index (κ3) is 2.37. The molecule has 0 amide bonds. The van der Waals surface area contributed by atoms with Crippen LogP contribution in [0.25, 0.3) is 5.57 Å². The van der Waals surface area contributed by atoms with E-state index >= 15 is 0 Å². The van der Waals surface area contributed by atoms with Gasteiger partial charge in [0.25, 0.3) is 0 Å². The molecule has 2 rings (SSSR count). The summed E-state index contributed by atoms with van der Waals surface area (Å²) >= 11 is 5.93. The van der Waals surface area contributed by atoms with E-state index in [0.29, 0.717) is 5.57 Å². The average Bonchev–Trinajstić information content (AvgIpc) is 2.39. The predicted octanol–water partition coefficient (Wildman–Crippen LogP) is 2.70. The van der Waals surface area contributed by atoms with Gasteiger partial charge in [-0.05, 0) is 28.8 Å². The van der Waals surface area contributed by atoms with E-state index in [1.807, 2.05) is 6.07 Å². The highest BCUT2D eigenvalue weighted by molar-refractivity contribution is 6.28. The third-order valence-electron chi connectivity index (χ3n) is 2.95. The van der Waals surface area contributed by atoms with E-state index in [9.17, 15) is 14.9 Å². The van der Waals surface area contributed by atoms with Gasteiger partial charge >= 0.3 is 11.0 Å². The van der Waals surface area contributed by atoms with Crippen molar-refractivity contribution < 1.29 is 14.8 Å². The first-order valence-electron chi connectivity index (χ1n) is 5.48. The van der Waals surface area contributed by atoms with E-state index in [2.05, 4.69) is 0 Å². The van der Waals surface area contributed by atoms with Gasteiger partial charge in [-0.3, -0.25) is 10.1 Å². The van der Waals surface area contributed by atoms with Crippen LogP contribution in [0.5, 0.6) is 0 Å². The van der Waals surface area contributed by atoms with Crippen LogP contribution in [0.2, 0.25) is 0 Å². The number of carboxylic acid groups (broad SMARTS) is 1. The summed E-state index contributed by atoms with van der Waals surface area (Å²) < 4.78 is 0. The number of hydrogen-bond acceptors (Lipinski definition) is 3. The molecule has 5 nitrogen and oxygen atoms in total. The van der Waals surface area contributed by atoms with Crippen LogP contribution in [0, 0.1) is 10.1 Å². The van der Waals surface area contributed by atoms with E-state index in [-0.39, 0.29) is 6.42 Å². The molecule has 0 saturated heterocycles. The van der Waals surface area contributed by atoms with E-state index in [0.717, 1.165) is 5.56 Å². The minimum Gasteiger partial charge on any atom is -0.478 e. The predicted molar refractivity (Wildman–Crippen MR) is 70.3 cm³/mol. The van der Waals surface area contributed by atoms with E-state index in [1.54, 1.807) is 30.3 Å². The molecule has 1 unspecified atom stereocenters. The lowest BCUT2D eigenvalue weighted by atomic mass is 9.89. The molecule has 19 heavy (non-hydrogen) atoms. The second-order valence-electron chi connectivity index (χ2n) is 4.14. The Bertz CT molecular complexity index is 594. The maximum absolute atomic E-state index is 11.1. The van der Waals surface area contributed by atoms with Crippen LogP contribution >= 0.6 is 11.6 Å². The van der Waals surface area contributed by atoms with Gasteiger partial charge in [0.2, 0.25) is 0 Å². The monoisotopic (exact) mass is 279 g/mol. The van der Waals surface area contributed by atoms with Crippen LogP contribution in [0.15, 0.2) is 48.1 Å². The minimum absolute atomic E-state index is 0.163. The van der Waals surface area contributed by atoms with E-state index in [1.165, 1.54) is 6.08 Å².